The lowest BCUT2D eigenvalue weighted by atomic mass is 10.1. The molecule has 0 saturated heterocycles. The van der Waals surface area contributed by atoms with E-state index in [4.69, 9.17) is 17.3 Å². The number of nitrogens with zero attached hydrogens (tertiary/aromatic N) is 2. The molecule has 0 amide bonds. The quantitative estimate of drug-likeness (QED) is 0.596. The van der Waals surface area contributed by atoms with Crippen molar-refractivity contribution in [1.82, 2.24) is 9.78 Å². The summed E-state index contributed by atoms with van der Waals surface area (Å²) in [4.78, 5) is 12.5. The predicted molar refractivity (Wildman–Crippen MR) is 82.9 cm³/mol. The highest BCUT2D eigenvalue weighted by atomic mass is 35.5. The van der Waals surface area contributed by atoms with Crippen LogP contribution in [0, 0.1) is 0 Å². The molecule has 0 spiro atoms. The lowest BCUT2D eigenvalue weighted by Gasteiger charge is -2.04. The smallest absolute Gasteiger partial charge is 0.197 e. The first-order valence-electron chi connectivity index (χ1n) is 6.35. The Bertz CT molecular complexity index is 796. The Hall–Kier alpha value is -2.59. The summed E-state index contributed by atoms with van der Waals surface area (Å²) in [5.74, 6) is -0.200. The first kappa shape index (κ1) is 13.4. The minimum Gasteiger partial charge on any atom is -0.398 e. The summed E-state index contributed by atoms with van der Waals surface area (Å²) >= 11 is 6.09. The van der Waals surface area contributed by atoms with E-state index in [1.807, 2.05) is 30.3 Å². The Kier molecular flexibility index (Phi) is 3.46. The number of para-hydroxylation sites is 1. The molecule has 3 aromatic rings. The van der Waals surface area contributed by atoms with Crippen LogP contribution in [0.15, 0.2) is 60.9 Å². The third-order valence-electron chi connectivity index (χ3n) is 3.14. The average Bonchev–Trinajstić information content (AvgIpc) is 3.00. The number of halogens is 1. The number of hydrogen-bond acceptors (Lipinski definition) is 3. The van der Waals surface area contributed by atoms with E-state index in [-0.39, 0.29) is 10.8 Å². The van der Waals surface area contributed by atoms with E-state index in [2.05, 4.69) is 5.10 Å². The van der Waals surface area contributed by atoms with Crippen molar-refractivity contribution in [2.75, 3.05) is 5.73 Å². The standard InChI is InChI=1S/C16H12ClN3O/c17-15-13(7-4-8-14(15)18)16(21)11-9-19-20(10-11)12-5-2-1-3-6-12/h1-10H,18H2. The van der Waals surface area contributed by atoms with E-state index in [1.165, 1.54) is 6.20 Å². The van der Waals surface area contributed by atoms with E-state index >= 15 is 0 Å². The Morgan fingerprint density at radius 3 is 2.62 bits per heavy atom. The van der Waals surface area contributed by atoms with E-state index < -0.39 is 0 Å². The van der Waals surface area contributed by atoms with Crippen LogP contribution in [0.1, 0.15) is 15.9 Å². The second-order valence-corrected chi connectivity index (χ2v) is 4.93. The van der Waals surface area contributed by atoms with Gasteiger partial charge in [-0.15, -0.1) is 0 Å². The number of anilines is 1. The Labute approximate surface area is 126 Å². The second kappa shape index (κ2) is 5.42. The van der Waals surface area contributed by atoms with Crippen LogP contribution in [-0.2, 0) is 0 Å². The normalized spacial score (nSPS) is 10.5. The van der Waals surface area contributed by atoms with Gasteiger partial charge in [0.05, 0.1) is 28.2 Å². The fourth-order valence-electron chi connectivity index (χ4n) is 2.04. The highest BCUT2D eigenvalue weighted by Gasteiger charge is 2.16. The largest absolute Gasteiger partial charge is 0.398 e. The second-order valence-electron chi connectivity index (χ2n) is 4.55. The molecular formula is C16H12ClN3O. The Morgan fingerprint density at radius 2 is 1.86 bits per heavy atom. The molecule has 0 atom stereocenters. The van der Waals surface area contributed by atoms with Gasteiger partial charge in [0, 0.05) is 11.8 Å². The summed E-state index contributed by atoms with van der Waals surface area (Å²) in [6.45, 7) is 0. The molecule has 0 aliphatic carbocycles. The van der Waals surface area contributed by atoms with Gasteiger partial charge >= 0.3 is 0 Å². The first-order valence-corrected chi connectivity index (χ1v) is 6.73. The maximum absolute atomic E-state index is 12.5. The summed E-state index contributed by atoms with van der Waals surface area (Å²) in [5.41, 5.74) is 7.84. The molecule has 0 saturated carbocycles. The Morgan fingerprint density at radius 1 is 1.10 bits per heavy atom. The van der Waals surface area contributed by atoms with Gasteiger partial charge in [0.2, 0.25) is 0 Å². The van der Waals surface area contributed by atoms with Crippen molar-refractivity contribution in [3.63, 3.8) is 0 Å². The van der Waals surface area contributed by atoms with Gasteiger partial charge < -0.3 is 5.73 Å². The molecule has 2 aromatic carbocycles. The topological polar surface area (TPSA) is 60.9 Å². The number of rotatable bonds is 3. The van der Waals surface area contributed by atoms with Gasteiger partial charge in [0.15, 0.2) is 5.78 Å². The van der Waals surface area contributed by atoms with Crippen molar-refractivity contribution in [3.05, 3.63) is 77.1 Å². The molecule has 3 rings (SSSR count). The van der Waals surface area contributed by atoms with Gasteiger partial charge in [-0.1, -0.05) is 35.9 Å². The van der Waals surface area contributed by atoms with Crippen molar-refractivity contribution < 1.29 is 4.79 Å². The van der Waals surface area contributed by atoms with Crippen molar-refractivity contribution in [2.24, 2.45) is 0 Å². The number of carbonyl (C=O) groups excluding carboxylic acids is 1. The van der Waals surface area contributed by atoms with Gasteiger partial charge in [-0.2, -0.15) is 5.10 Å². The third kappa shape index (κ3) is 2.53. The number of benzene rings is 2. The zero-order valence-electron chi connectivity index (χ0n) is 11.0. The number of hydrogen-bond donors (Lipinski definition) is 1. The molecular weight excluding hydrogens is 286 g/mol. The van der Waals surface area contributed by atoms with Crippen LogP contribution in [-0.4, -0.2) is 15.6 Å². The van der Waals surface area contributed by atoms with E-state index in [1.54, 1.807) is 29.1 Å². The summed E-state index contributed by atoms with van der Waals surface area (Å²) in [6, 6.07) is 14.6. The molecule has 0 bridgehead atoms. The molecule has 0 aliphatic heterocycles. The van der Waals surface area contributed by atoms with Gasteiger partial charge in [-0.25, -0.2) is 4.68 Å². The van der Waals surface area contributed by atoms with Crippen LogP contribution in [0.5, 0.6) is 0 Å². The van der Waals surface area contributed by atoms with E-state index in [0.717, 1.165) is 5.69 Å². The van der Waals surface area contributed by atoms with Crippen LogP contribution in [0.2, 0.25) is 5.02 Å². The summed E-state index contributed by atoms with van der Waals surface area (Å²) in [7, 11) is 0. The number of nitrogens with two attached hydrogens (primary N) is 1. The zero-order valence-corrected chi connectivity index (χ0v) is 11.8. The fourth-order valence-corrected chi connectivity index (χ4v) is 2.25. The monoisotopic (exact) mass is 297 g/mol. The molecule has 1 heterocycles. The summed E-state index contributed by atoms with van der Waals surface area (Å²) < 4.78 is 1.65. The summed E-state index contributed by atoms with van der Waals surface area (Å²) in [6.07, 6.45) is 3.20. The molecule has 104 valence electrons. The molecule has 5 heteroatoms. The highest BCUT2D eigenvalue weighted by Crippen LogP contribution is 2.25. The summed E-state index contributed by atoms with van der Waals surface area (Å²) in [5, 5.41) is 4.48. The van der Waals surface area contributed by atoms with Crippen LogP contribution >= 0.6 is 11.6 Å². The lowest BCUT2D eigenvalue weighted by Crippen LogP contribution is -2.02. The van der Waals surface area contributed by atoms with Crippen molar-refractivity contribution in [1.29, 1.82) is 0 Å². The van der Waals surface area contributed by atoms with Crippen LogP contribution in [0.4, 0.5) is 5.69 Å². The maximum atomic E-state index is 12.5. The van der Waals surface area contributed by atoms with E-state index in [0.29, 0.717) is 16.8 Å². The first-order chi connectivity index (χ1) is 10.2. The molecule has 21 heavy (non-hydrogen) atoms. The number of carbonyl (C=O) groups is 1. The zero-order chi connectivity index (χ0) is 14.8. The SMILES string of the molecule is Nc1cccc(C(=O)c2cnn(-c3ccccc3)c2)c1Cl. The van der Waals surface area contributed by atoms with Crippen molar-refractivity contribution in [3.8, 4) is 5.69 Å². The number of ketones is 1. The number of nitrogen functional groups attached to an aromatic ring is 1. The highest BCUT2D eigenvalue weighted by molar-refractivity contribution is 6.37. The third-order valence-corrected chi connectivity index (χ3v) is 3.56. The predicted octanol–water partition coefficient (Wildman–Crippen LogP) is 3.34. The maximum Gasteiger partial charge on any atom is 0.197 e. The fraction of sp³-hybridized carbons (Fsp3) is 0. The molecule has 1 aromatic heterocycles. The van der Waals surface area contributed by atoms with Crippen LogP contribution in [0.25, 0.3) is 5.69 Å². The molecule has 0 unspecified atom stereocenters. The van der Waals surface area contributed by atoms with Gasteiger partial charge in [0.25, 0.3) is 0 Å². The van der Waals surface area contributed by atoms with Crippen LogP contribution in [0.3, 0.4) is 0 Å². The molecule has 0 radical (unpaired) electrons. The molecule has 0 fully saturated rings. The average molecular weight is 298 g/mol. The molecule has 0 aliphatic rings. The van der Waals surface area contributed by atoms with Gasteiger partial charge in [0.1, 0.15) is 0 Å². The Balaban J connectivity index is 1.97. The molecule has 4 nitrogen and oxygen atoms in total. The van der Waals surface area contributed by atoms with Crippen molar-refractivity contribution >= 4 is 23.1 Å². The minimum atomic E-state index is -0.200. The van der Waals surface area contributed by atoms with Crippen LogP contribution < -0.4 is 5.73 Å². The van der Waals surface area contributed by atoms with Gasteiger partial charge in [-0.3, -0.25) is 4.79 Å². The van der Waals surface area contributed by atoms with Crippen molar-refractivity contribution in [2.45, 2.75) is 0 Å². The number of aromatic nitrogens is 2. The minimum absolute atomic E-state index is 0.200. The lowest BCUT2D eigenvalue weighted by molar-refractivity contribution is 0.103. The van der Waals surface area contributed by atoms with E-state index in [9.17, 15) is 4.79 Å². The van der Waals surface area contributed by atoms with Gasteiger partial charge in [-0.05, 0) is 24.3 Å². The molecule has 2 N–H and O–H groups in total.